The van der Waals surface area contributed by atoms with Crippen molar-refractivity contribution in [2.75, 3.05) is 0 Å². The second-order valence-corrected chi connectivity index (χ2v) is 7.93. The Morgan fingerprint density at radius 1 is 0.724 bits per heavy atom. The van der Waals surface area contributed by atoms with E-state index >= 15 is 0 Å². The number of alkyl halides is 6. The van der Waals surface area contributed by atoms with E-state index in [0.717, 1.165) is 23.3 Å². The van der Waals surface area contributed by atoms with Crippen LogP contribution in [0.2, 0.25) is 0 Å². The van der Waals surface area contributed by atoms with Gasteiger partial charge in [0.15, 0.2) is 0 Å². The lowest BCUT2D eigenvalue weighted by Crippen LogP contribution is -2.11. The summed E-state index contributed by atoms with van der Waals surface area (Å²) in [5, 5.41) is 0. The van der Waals surface area contributed by atoms with Crippen molar-refractivity contribution in [1.29, 1.82) is 0 Å². The predicted octanol–water partition coefficient (Wildman–Crippen LogP) is 8.12. The smallest absolute Gasteiger partial charge is 0.166 e. The summed E-state index contributed by atoms with van der Waals surface area (Å²) >= 11 is 0. The lowest BCUT2D eigenvalue weighted by atomic mass is 9.86. The minimum absolute atomic E-state index is 0.0673. The maximum Gasteiger partial charge on any atom is 0.416 e. The molecule has 0 N–H and O–H groups in total. The van der Waals surface area contributed by atoms with Crippen molar-refractivity contribution in [3.05, 3.63) is 70.1 Å². The molecule has 0 heterocycles. The van der Waals surface area contributed by atoms with Gasteiger partial charge in [0, 0.05) is 6.42 Å². The molecule has 155 valence electrons. The van der Waals surface area contributed by atoms with Crippen LogP contribution in [0.25, 0.3) is 17.2 Å². The fourth-order valence-electron chi connectivity index (χ4n) is 3.56. The minimum Gasteiger partial charge on any atom is -0.166 e. The molecule has 0 unspecified atom stereocenters. The second-order valence-electron chi connectivity index (χ2n) is 7.93. The number of hydrogen-bond acceptors (Lipinski definition) is 0. The van der Waals surface area contributed by atoms with Crippen LogP contribution in [0.1, 0.15) is 61.4 Å². The summed E-state index contributed by atoms with van der Waals surface area (Å²) in [7, 11) is 0. The van der Waals surface area contributed by atoms with Gasteiger partial charge in [-0.15, -0.1) is 0 Å². The van der Waals surface area contributed by atoms with E-state index in [9.17, 15) is 26.3 Å². The van der Waals surface area contributed by atoms with Crippen molar-refractivity contribution >= 4 is 6.08 Å². The Hall–Kier alpha value is -2.24. The minimum atomic E-state index is -4.88. The summed E-state index contributed by atoms with van der Waals surface area (Å²) in [6.45, 7) is 7.72. The molecule has 0 amide bonds. The molecule has 3 rings (SSSR count). The Kier molecular flexibility index (Phi) is 5.35. The van der Waals surface area contributed by atoms with Crippen molar-refractivity contribution in [3.8, 4) is 11.1 Å². The van der Waals surface area contributed by atoms with Crippen LogP contribution in [0.5, 0.6) is 0 Å². The zero-order chi connectivity index (χ0) is 21.7. The van der Waals surface area contributed by atoms with Gasteiger partial charge in [-0.05, 0) is 57.9 Å². The molecular weight excluding hydrogens is 390 g/mol. The van der Waals surface area contributed by atoms with Crippen molar-refractivity contribution in [2.24, 2.45) is 5.92 Å². The molecule has 2 aromatic carbocycles. The summed E-state index contributed by atoms with van der Waals surface area (Å²) in [5.41, 5.74) is 0.945. The largest absolute Gasteiger partial charge is 0.416 e. The highest BCUT2D eigenvalue weighted by atomic mass is 19.4. The van der Waals surface area contributed by atoms with E-state index in [1.165, 1.54) is 0 Å². The Balaban J connectivity index is 2.35. The van der Waals surface area contributed by atoms with Crippen LogP contribution in [-0.4, -0.2) is 0 Å². The molecule has 1 aliphatic rings. The van der Waals surface area contributed by atoms with Crippen molar-refractivity contribution < 1.29 is 26.3 Å². The van der Waals surface area contributed by atoms with Gasteiger partial charge in [-0.1, -0.05) is 51.5 Å². The lowest BCUT2D eigenvalue weighted by Gasteiger charge is -2.20. The normalized spacial score (nSPS) is 14.6. The summed E-state index contributed by atoms with van der Waals surface area (Å²) < 4.78 is 80.2. The standard InChI is InChI=1S/C23H21F6/c1-12(2)15-7-14-5-6-19(13(3)4)21(20(14)10-15)16-8-17(22(24,25)26)11-18(9-16)23(27,28)29/h5-13H,1-4H3. The lowest BCUT2D eigenvalue weighted by molar-refractivity contribution is -0.143. The molecule has 0 saturated carbocycles. The van der Waals surface area contributed by atoms with Crippen molar-refractivity contribution in [2.45, 2.75) is 46.0 Å². The van der Waals surface area contributed by atoms with E-state index in [4.69, 9.17) is 0 Å². The van der Waals surface area contributed by atoms with Gasteiger partial charge < -0.3 is 0 Å². The molecule has 6 heteroatoms. The van der Waals surface area contributed by atoms with E-state index in [0.29, 0.717) is 16.7 Å². The first kappa shape index (κ1) is 21.5. The maximum atomic E-state index is 13.4. The van der Waals surface area contributed by atoms with Crippen molar-refractivity contribution in [1.82, 2.24) is 0 Å². The molecule has 0 bridgehead atoms. The van der Waals surface area contributed by atoms with E-state index in [1.54, 1.807) is 6.07 Å². The SMILES string of the molecule is CC(C)C1=Cc2c(ccc(C(C)C)c2-c2cc(C(F)(F)F)cc(C(F)(F)F)c2)[CH]1. The Morgan fingerprint density at radius 3 is 1.72 bits per heavy atom. The molecule has 0 spiro atoms. The highest BCUT2D eigenvalue weighted by Gasteiger charge is 2.37. The molecule has 0 fully saturated rings. The van der Waals surface area contributed by atoms with Crippen LogP contribution in [0.4, 0.5) is 26.3 Å². The third-order valence-corrected chi connectivity index (χ3v) is 5.11. The van der Waals surface area contributed by atoms with E-state index in [1.807, 2.05) is 46.3 Å². The van der Waals surface area contributed by atoms with Gasteiger partial charge in [0.1, 0.15) is 0 Å². The number of allylic oxidation sites excluding steroid dienone is 1. The molecule has 1 aliphatic carbocycles. The average molecular weight is 411 g/mol. The zero-order valence-corrected chi connectivity index (χ0v) is 16.5. The molecule has 2 aromatic rings. The van der Waals surface area contributed by atoms with E-state index < -0.39 is 23.5 Å². The van der Waals surface area contributed by atoms with E-state index in [2.05, 4.69) is 0 Å². The Morgan fingerprint density at radius 2 is 1.28 bits per heavy atom. The van der Waals surface area contributed by atoms with Crippen LogP contribution >= 0.6 is 0 Å². The third kappa shape index (κ3) is 4.21. The highest BCUT2D eigenvalue weighted by molar-refractivity contribution is 5.86. The fourth-order valence-corrected chi connectivity index (χ4v) is 3.56. The molecular formula is C23H21F6. The van der Waals surface area contributed by atoms with Gasteiger partial charge in [-0.3, -0.25) is 0 Å². The first-order chi connectivity index (χ1) is 13.3. The van der Waals surface area contributed by atoms with Gasteiger partial charge in [0.05, 0.1) is 11.1 Å². The third-order valence-electron chi connectivity index (χ3n) is 5.11. The maximum absolute atomic E-state index is 13.4. The first-order valence-electron chi connectivity index (χ1n) is 9.32. The van der Waals surface area contributed by atoms with Gasteiger partial charge in [0.25, 0.3) is 0 Å². The monoisotopic (exact) mass is 411 g/mol. The predicted molar refractivity (Wildman–Crippen MR) is 102 cm³/mol. The molecule has 0 saturated heterocycles. The fraction of sp³-hybridized carbons (Fsp3) is 0.348. The van der Waals surface area contributed by atoms with Gasteiger partial charge >= 0.3 is 12.4 Å². The second kappa shape index (κ2) is 7.22. The van der Waals surface area contributed by atoms with E-state index in [-0.39, 0.29) is 23.5 Å². The van der Waals surface area contributed by atoms with Gasteiger partial charge in [-0.2, -0.15) is 26.3 Å². The van der Waals surface area contributed by atoms with Gasteiger partial charge in [0.2, 0.25) is 0 Å². The Bertz CT molecular complexity index is 926. The summed E-state index contributed by atoms with van der Waals surface area (Å²) in [6, 6.07) is 5.47. The molecule has 0 aliphatic heterocycles. The van der Waals surface area contributed by atoms with Gasteiger partial charge in [-0.25, -0.2) is 0 Å². The number of fused-ring (bicyclic) bond motifs is 1. The number of halogens is 6. The summed E-state index contributed by atoms with van der Waals surface area (Å²) in [5.74, 6) is 0.112. The number of hydrogen-bond donors (Lipinski definition) is 0. The highest BCUT2D eigenvalue weighted by Crippen LogP contribution is 2.45. The average Bonchev–Trinajstić information content (AvgIpc) is 3.03. The number of benzene rings is 2. The van der Waals surface area contributed by atoms with Crippen LogP contribution in [0.15, 0.2) is 35.9 Å². The van der Waals surface area contributed by atoms with Crippen LogP contribution < -0.4 is 0 Å². The molecule has 0 nitrogen and oxygen atoms in total. The van der Waals surface area contributed by atoms with Crippen LogP contribution in [0, 0.1) is 12.3 Å². The topological polar surface area (TPSA) is 0 Å². The summed E-state index contributed by atoms with van der Waals surface area (Å²) in [4.78, 5) is 0. The Labute approximate surface area is 166 Å². The summed E-state index contributed by atoms with van der Waals surface area (Å²) in [6.07, 6.45) is -5.95. The first-order valence-corrected chi connectivity index (χ1v) is 9.32. The molecule has 0 atom stereocenters. The van der Waals surface area contributed by atoms with Crippen molar-refractivity contribution in [3.63, 3.8) is 0 Å². The molecule has 0 aromatic heterocycles. The number of rotatable bonds is 3. The molecule has 1 radical (unpaired) electrons. The quantitative estimate of drug-likeness (QED) is 0.447. The molecule has 29 heavy (non-hydrogen) atoms. The van der Waals surface area contributed by atoms with Crippen LogP contribution in [0.3, 0.4) is 0 Å². The zero-order valence-electron chi connectivity index (χ0n) is 16.5. The van der Waals surface area contributed by atoms with Crippen LogP contribution in [-0.2, 0) is 12.4 Å².